The number of methoxy groups -OCH3 is 2. The number of nitrogens with one attached hydrogen (secondary N) is 2. The van der Waals surface area contributed by atoms with E-state index in [0.29, 0.717) is 24.0 Å². The van der Waals surface area contributed by atoms with Gasteiger partial charge in [-0.05, 0) is 37.1 Å². The summed E-state index contributed by atoms with van der Waals surface area (Å²) >= 11 is 0. The average molecular weight is 554 g/mol. The van der Waals surface area contributed by atoms with Crippen LogP contribution in [0.15, 0.2) is 47.5 Å². The van der Waals surface area contributed by atoms with Gasteiger partial charge >= 0.3 is 0 Å². The number of nitrogens with zero attached hydrogens (tertiary/aromatic N) is 2. The highest BCUT2D eigenvalue weighted by molar-refractivity contribution is 14.0. The van der Waals surface area contributed by atoms with Crippen LogP contribution in [0.25, 0.3) is 0 Å². The van der Waals surface area contributed by atoms with Gasteiger partial charge in [0.15, 0.2) is 17.5 Å². The molecule has 2 N–H and O–H groups in total. The number of guanidine groups is 1. The van der Waals surface area contributed by atoms with E-state index in [1.807, 2.05) is 18.2 Å². The van der Waals surface area contributed by atoms with Crippen LogP contribution >= 0.6 is 24.0 Å². The fourth-order valence-corrected chi connectivity index (χ4v) is 3.85. The summed E-state index contributed by atoms with van der Waals surface area (Å²) in [6.45, 7) is 7.87. The Labute approximate surface area is 208 Å². The van der Waals surface area contributed by atoms with Crippen LogP contribution in [0, 0.1) is 0 Å². The van der Waals surface area contributed by atoms with E-state index >= 15 is 0 Å². The molecule has 1 fully saturated rings. The summed E-state index contributed by atoms with van der Waals surface area (Å²) in [7, 11) is 5.00. The smallest absolute Gasteiger partial charge is 0.195 e. The maximum absolute atomic E-state index is 5.82. The number of halogens is 1. The van der Waals surface area contributed by atoms with Crippen LogP contribution in [-0.2, 0) is 17.8 Å². The highest BCUT2D eigenvalue weighted by Crippen LogP contribution is 2.29. The molecule has 2 unspecified atom stereocenters. The normalized spacial score (nSPS) is 19.1. The van der Waals surface area contributed by atoms with Crippen molar-refractivity contribution in [1.29, 1.82) is 0 Å². The number of benzene rings is 2. The number of morpholine rings is 1. The lowest BCUT2D eigenvalue weighted by Gasteiger charge is -2.35. The minimum absolute atomic E-state index is 0. The Balaban J connectivity index is 0.00000363. The van der Waals surface area contributed by atoms with E-state index in [1.165, 1.54) is 11.1 Å². The van der Waals surface area contributed by atoms with Crippen molar-refractivity contribution in [2.75, 3.05) is 39.7 Å². The first-order valence-corrected chi connectivity index (χ1v) is 10.7. The van der Waals surface area contributed by atoms with E-state index in [1.54, 1.807) is 21.3 Å². The summed E-state index contributed by atoms with van der Waals surface area (Å²) in [4.78, 5) is 6.77. The Morgan fingerprint density at radius 3 is 2.22 bits per heavy atom. The molecule has 0 amide bonds. The molecule has 2 atom stereocenters. The molecular formula is C24H35IN4O3. The van der Waals surface area contributed by atoms with Gasteiger partial charge in [0.2, 0.25) is 0 Å². The fourth-order valence-electron chi connectivity index (χ4n) is 3.85. The summed E-state index contributed by atoms with van der Waals surface area (Å²) in [6.07, 6.45) is 0.578. The zero-order valence-corrected chi connectivity index (χ0v) is 21.9. The summed E-state index contributed by atoms with van der Waals surface area (Å²) in [5, 5.41) is 6.64. The van der Waals surface area contributed by atoms with Crippen LogP contribution in [0.4, 0.5) is 5.69 Å². The Hall–Kier alpha value is -2.04. The second-order valence-electron chi connectivity index (χ2n) is 7.89. The van der Waals surface area contributed by atoms with Crippen LogP contribution < -0.4 is 20.1 Å². The number of ether oxygens (including phenoxy) is 3. The Morgan fingerprint density at radius 1 is 1.00 bits per heavy atom. The number of anilines is 1. The molecule has 1 aliphatic heterocycles. The van der Waals surface area contributed by atoms with Crippen molar-refractivity contribution < 1.29 is 14.2 Å². The molecule has 7 nitrogen and oxygen atoms in total. The zero-order chi connectivity index (χ0) is 22.2. The molecule has 1 heterocycles. The Kier molecular flexibility index (Phi) is 10.5. The van der Waals surface area contributed by atoms with Gasteiger partial charge in [-0.3, -0.25) is 9.89 Å². The maximum Gasteiger partial charge on any atom is 0.195 e. The molecule has 2 aromatic carbocycles. The third kappa shape index (κ3) is 7.53. The molecule has 0 bridgehead atoms. The van der Waals surface area contributed by atoms with E-state index < -0.39 is 0 Å². The van der Waals surface area contributed by atoms with Gasteiger partial charge in [-0.1, -0.05) is 24.3 Å². The highest BCUT2D eigenvalue weighted by Gasteiger charge is 2.21. The lowest BCUT2D eigenvalue weighted by atomic mass is 10.1. The lowest BCUT2D eigenvalue weighted by Crippen LogP contribution is -2.44. The average Bonchev–Trinajstić information content (AvgIpc) is 2.76. The van der Waals surface area contributed by atoms with Crippen LogP contribution in [0.2, 0.25) is 0 Å². The molecule has 0 aromatic heterocycles. The molecule has 176 valence electrons. The van der Waals surface area contributed by atoms with Crippen LogP contribution in [0.1, 0.15) is 25.0 Å². The predicted octanol–water partition coefficient (Wildman–Crippen LogP) is 4.12. The number of hydrogen-bond donors (Lipinski definition) is 2. The number of hydrogen-bond acceptors (Lipinski definition) is 5. The molecule has 3 rings (SSSR count). The van der Waals surface area contributed by atoms with Gasteiger partial charge in [0.05, 0.1) is 26.4 Å². The number of aliphatic imine (C=N–C) groups is 1. The zero-order valence-electron chi connectivity index (χ0n) is 19.6. The monoisotopic (exact) mass is 554 g/mol. The minimum Gasteiger partial charge on any atom is -0.493 e. The second-order valence-corrected chi connectivity index (χ2v) is 7.89. The molecule has 2 aromatic rings. The van der Waals surface area contributed by atoms with Gasteiger partial charge in [-0.25, -0.2) is 0 Å². The predicted molar refractivity (Wildman–Crippen MR) is 141 cm³/mol. The van der Waals surface area contributed by atoms with Crippen LogP contribution in [0.3, 0.4) is 0 Å². The van der Waals surface area contributed by atoms with Gasteiger partial charge in [0.25, 0.3) is 0 Å². The first-order chi connectivity index (χ1) is 15.0. The van der Waals surface area contributed by atoms with Crippen molar-refractivity contribution in [1.82, 2.24) is 10.2 Å². The largest absolute Gasteiger partial charge is 0.493 e. The topological polar surface area (TPSA) is 67.4 Å². The third-order valence-electron chi connectivity index (χ3n) is 5.25. The molecule has 8 heteroatoms. The molecule has 32 heavy (non-hydrogen) atoms. The molecule has 1 saturated heterocycles. The minimum atomic E-state index is 0. The van der Waals surface area contributed by atoms with Gasteiger partial charge in [-0.15, -0.1) is 24.0 Å². The van der Waals surface area contributed by atoms with Gasteiger partial charge in [0.1, 0.15) is 0 Å². The first-order valence-electron chi connectivity index (χ1n) is 10.7. The quantitative estimate of drug-likeness (QED) is 0.305. The first kappa shape index (κ1) is 26.2. The van der Waals surface area contributed by atoms with Gasteiger partial charge < -0.3 is 24.8 Å². The van der Waals surface area contributed by atoms with Crippen molar-refractivity contribution in [3.8, 4) is 11.5 Å². The molecule has 0 spiro atoms. The van der Waals surface area contributed by atoms with E-state index in [4.69, 9.17) is 14.2 Å². The van der Waals surface area contributed by atoms with Crippen LogP contribution in [-0.4, -0.2) is 57.4 Å². The van der Waals surface area contributed by atoms with E-state index in [-0.39, 0.29) is 36.2 Å². The van der Waals surface area contributed by atoms with Crippen molar-refractivity contribution in [3.63, 3.8) is 0 Å². The molecule has 0 radical (unpaired) electrons. The Bertz CT molecular complexity index is 866. The Morgan fingerprint density at radius 2 is 1.62 bits per heavy atom. The van der Waals surface area contributed by atoms with Crippen molar-refractivity contribution in [2.45, 2.75) is 39.1 Å². The third-order valence-corrected chi connectivity index (χ3v) is 5.25. The number of rotatable bonds is 7. The van der Waals surface area contributed by atoms with Crippen molar-refractivity contribution in [2.24, 2.45) is 4.99 Å². The van der Waals surface area contributed by atoms with Crippen LogP contribution in [0.5, 0.6) is 11.5 Å². The van der Waals surface area contributed by atoms with Crippen molar-refractivity contribution in [3.05, 3.63) is 53.6 Å². The fraction of sp³-hybridized carbons (Fsp3) is 0.458. The lowest BCUT2D eigenvalue weighted by molar-refractivity contribution is -0.0704. The van der Waals surface area contributed by atoms with Gasteiger partial charge in [-0.2, -0.15) is 0 Å². The second kappa shape index (κ2) is 12.9. The summed E-state index contributed by atoms with van der Waals surface area (Å²) in [6, 6.07) is 14.4. The van der Waals surface area contributed by atoms with E-state index in [0.717, 1.165) is 25.3 Å². The van der Waals surface area contributed by atoms with E-state index in [2.05, 4.69) is 58.6 Å². The molecular weight excluding hydrogens is 519 g/mol. The molecule has 0 saturated carbocycles. The summed E-state index contributed by atoms with van der Waals surface area (Å²) < 4.78 is 16.5. The molecule has 0 aliphatic carbocycles. The van der Waals surface area contributed by atoms with E-state index in [9.17, 15) is 0 Å². The van der Waals surface area contributed by atoms with Gasteiger partial charge in [0, 0.05) is 45.0 Å². The summed E-state index contributed by atoms with van der Waals surface area (Å²) in [5.41, 5.74) is 3.38. The summed E-state index contributed by atoms with van der Waals surface area (Å²) in [5.74, 6) is 2.05. The standard InChI is InChI=1S/C24H34N4O3.HI/c1-17-14-28(15-18(2)31-17)16-20-8-6-19(7-9-20)13-26-24(25-3)27-21-10-11-22(29-4)23(12-21)30-5;/h6-12,17-18H,13-16H2,1-5H3,(H2,25,26,27);1H. The SMILES string of the molecule is CN=C(NCc1ccc(CN2CC(C)OC(C)C2)cc1)Nc1ccc(OC)c(OC)c1.I. The highest BCUT2D eigenvalue weighted by atomic mass is 127. The maximum atomic E-state index is 5.82. The molecule has 1 aliphatic rings. The van der Waals surface area contributed by atoms with Crippen molar-refractivity contribution >= 4 is 35.6 Å².